The maximum absolute atomic E-state index is 11.0. The quantitative estimate of drug-likeness (QED) is 0.802. The number of ketones is 1. The molecular formula is C11H15N3O. The minimum atomic E-state index is 0.223. The first-order chi connectivity index (χ1) is 7.15. The molecule has 0 radical (unpaired) electrons. The van der Waals surface area contributed by atoms with Crippen molar-refractivity contribution in [3.8, 4) is 0 Å². The maximum Gasteiger partial charge on any atom is 0.157 e. The first-order valence-corrected chi connectivity index (χ1v) is 5.11. The van der Waals surface area contributed by atoms with Crippen molar-refractivity contribution in [2.24, 2.45) is 7.05 Å². The second kappa shape index (κ2) is 3.88. The fourth-order valence-corrected chi connectivity index (χ4v) is 1.77. The minimum absolute atomic E-state index is 0.223. The smallest absolute Gasteiger partial charge is 0.157 e. The number of nitrogens with zero attached hydrogens (tertiary/aromatic N) is 2. The third-order valence-electron chi connectivity index (χ3n) is 2.60. The summed E-state index contributed by atoms with van der Waals surface area (Å²) in [5.41, 5.74) is 3.26. The van der Waals surface area contributed by atoms with E-state index < -0.39 is 0 Å². The Balaban J connectivity index is 1.96. The van der Waals surface area contributed by atoms with Crippen LogP contribution < -0.4 is 5.32 Å². The molecule has 0 saturated carbocycles. The van der Waals surface area contributed by atoms with Gasteiger partial charge in [-0.05, 0) is 13.3 Å². The number of allylic oxidation sites excluding steroid dienone is 2. The molecule has 1 aromatic heterocycles. The van der Waals surface area contributed by atoms with E-state index in [0.717, 1.165) is 24.4 Å². The largest absolute Gasteiger partial charge is 0.384 e. The Kier molecular flexibility index (Phi) is 2.58. The Bertz CT molecular complexity index is 417. The fourth-order valence-electron chi connectivity index (χ4n) is 1.77. The Morgan fingerprint density at radius 3 is 2.87 bits per heavy atom. The molecule has 4 nitrogen and oxygen atoms in total. The summed E-state index contributed by atoms with van der Waals surface area (Å²) in [4.78, 5) is 11.0. The molecule has 0 unspecified atom stereocenters. The third kappa shape index (κ3) is 2.26. The van der Waals surface area contributed by atoms with E-state index in [2.05, 4.69) is 10.4 Å². The highest BCUT2D eigenvalue weighted by molar-refractivity contribution is 5.92. The van der Waals surface area contributed by atoms with Gasteiger partial charge in [-0.1, -0.05) is 0 Å². The van der Waals surface area contributed by atoms with Crippen molar-refractivity contribution in [2.45, 2.75) is 26.3 Å². The molecule has 4 heteroatoms. The Morgan fingerprint density at radius 2 is 2.33 bits per heavy atom. The van der Waals surface area contributed by atoms with Crippen LogP contribution in [0.25, 0.3) is 0 Å². The molecule has 1 N–H and O–H groups in total. The van der Waals surface area contributed by atoms with Gasteiger partial charge < -0.3 is 5.32 Å². The third-order valence-corrected chi connectivity index (χ3v) is 2.60. The highest BCUT2D eigenvalue weighted by Crippen LogP contribution is 2.13. The number of nitrogens with one attached hydrogen (secondary N) is 1. The van der Waals surface area contributed by atoms with E-state index in [1.54, 1.807) is 10.8 Å². The molecule has 1 aliphatic rings. The van der Waals surface area contributed by atoms with Crippen LogP contribution in [0.1, 0.15) is 24.1 Å². The van der Waals surface area contributed by atoms with Gasteiger partial charge in [0.1, 0.15) is 0 Å². The molecule has 0 saturated heterocycles. The van der Waals surface area contributed by atoms with E-state index in [1.807, 2.05) is 20.2 Å². The zero-order chi connectivity index (χ0) is 10.8. The number of rotatable bonds is 3. The molecule has 1 aromatic rings. The van der Waals surface area contributed by atoms with Crippen LogP contribution in [0.2, 0.25) is 0 Å². The van der Waals surface area contributed by atoms with Crippen LogP contribution in [0, 0.1) is 6.92 Å². The summed E-state index contributed by atoms with van der Waals surface area (Å²) in [7, 11) is 1.91. The van der Waals surface area contributed by atoms with Gasteiger partial charge >= 0.3 is 0 Å². The molecule has 0 atom stereocenters. The van der Waals surface area contributed by atoms with Crippen molar-refractivity contribution >= 4 is 5.78 Å². The number of aromatic nitrogens is 2. The Morgan fingerprint density at radius 1 is 1.53 bits per heavy atom. The molecule has 0 spiro atoms. The van der Waals surface area contributed by atoms with Crippen molar-refractivity contribution in [3.63, 3.8) is 0 Å². The van der Waals surface area contributed by atoms with E-state index in [0.29, 0.717) is 6.42 Å². The summed E-state index contributed by atoms with van der Waals surface area (Å²) >= 11 is 0. The normalized spacial score (nSPS) is 15.6. The number of carbonyl (C=O) groups is 1. The topological polar surface area (TPSA) is 46.9 Å². The minimum Gasteiger partial charge on any atom is -0.384 e. The lowest BCUT2D eigenvalue weighted by Crippen LogP contribution is -2.11. The van der Waals surface area contributed by atoms with E-state index in [-0.39, 0.29) is 5.78 Å². The molecule has 80 valence electrons. The summed E-state index contributed by atoms with van der Waals surface area (Å²) in [5, 5.41) is 7.53. The van der Waals surface area contributed by atoms with Crippen LogP contribution in [0.4, 0.5) is 0 Å². The monoisotopic (exact) mass is 205 g/mol. The number of hydrogen-bond acceptors (Lipinski definition) is 3. The van der Waals surface area contributed by atoms with Crippen molar-refractivity contribution in [3.05, 3.63) is 29.2 Å². The summed E-state index contributed by atoms with van der Waals surface area (Å²) in [5.74, 6) is 0.223. The van der Waals surface area contributed by atoms with Crippen molar-refractivity contribution in [1.29, 1.82) is 0 Å². The lowest BCUT2D eigenvalue weighted by atomic mass is 10.2. The number of carbonyl (C=O) groups excluding carboxylic acids is 1. The van der Waals surface area contributed by atoms with Gasteiger partial charge in [0.2, 0.25) is 0 Å². The fraction of sp³-hybridized carbons (Fsp3) is 0.455. The van der Waals surface area contributed by atoms with Crippen LogP contribution in [0.5, 0.6) is 0 Å². The second-order valence-electron chi connectivity index (χ2n) is 3.90. The van der Waals surface area contributed by atoms with Crippen LogP contribution in [-0.4, -0.2) is 15.6 Å². The summed E-state index contributed by atoms with van der Waals surface area (Å²) in [6.07, 6.45) is 5.19. The van der Waals surface area contributed by atoms with Gasteiger partial charge in [-0.2, -0.15) is 5.10 Å². The molecule has 0 aliphatic heterocycles. The van der Waals surface area contributed by atoms with Gasteiger partial charge in [-0.3, -0.25) is 9.48 Å². The van der Waals surface area contributed by atoms with Crippen LogP contribution >= 0.6 is 0 Å². The summed E-state index contributed by atoms with van der Waals surface area (Å²) < 4.78 is 1.81. The van der Waals surface area contributed by atoms with E-state index in [1.165, 1.54) is 5.56 Å². The molecular weight excluding hydrogens is 190 g/mol. The van der Waals surface area contributed by atoms with Gasteiger partial charge in [0, 0.05) is 43.5 Å². The molecule has 2 rings (SSSR count). The summed E-state index contributed by atoms with van der Waals surface area (Å²) in [6, 6.07) is 0. The summed E-state index contributed by atoms with van der Waals surface area (Å²) in [6.45, 7) is 2.74. The van der Waals surface area contributed by atoms with Crippen LogP contribution in [0.15, 0.2) is 18.0 Å². The predicted octanol–water partition coefficient (Wildman–Crippen LogP) is 1.06. The second-order valence-corrected chi connectivity index (χ2v) is 3.90. The lowest BCUT2D eigenvalue weighted by molar-refractivity contribution is -0.114. The number of hydrogen-bond donors (Lipinski definition) is 1. The van der Waals surface area contributed by atoms with E-state index in [4.69, 9.17) is 0 Å². The SMILES string of the molecule is Cc1nn(C)cc1CNC1=CC(=O)CC1. The first-order valence-electron chi connectivity index (χ1n) is 5.11. The molecule has 0 amide bonds. The average molecular weight is 205 g/mol. The average Bonchev–Trinajstić information content (AvgIpc) is 2.70. The van der Waals surface area contributed by atoms with Crippen molar-refractivity contribution in [1.82, 2.24) is 15.1 Å². The predicted molar refractivity (Wildman–Crippen MR) is 57.1 cm³/mol. The highest BCUT2D eigenvalue weighted by Gasteiger charge is 2.11. The molecule has 1 aliphatic carbocycles. The Hall–Kier alpha value is -1.58. The molecule has 1 heterocycles. The van der Waals surface area contributed by atoms with Gasteiger partial charge in [0.05, 0.1) is 5.69 Å². The van der Waals surface area contributed by atoms with Gasteiger partial charge in [-0.15, -0.1) is 0 Å². The van der Waals surface area contributed by atoms with Crippen molar-refractivity contribution < 1.29 is 4.79 Å². The van der Waals surface area contributed by atoms with Gasteiger partial charge in [0.15, 0.2) is 5.78 Å². The zero-order valence-electron chi connectivity index (χ0n) is 9.08. The van der Waals surface area contributed by atoms with E-state index >= 15 is 0 Å². The molecule has 0 bridgehead atoms. The highest BCUT2D eigenvalue weighted by atomic mass is 16.1. The lowest BCUT2D eigenvalue weighted by Gasteiger charge is -2.04. The first kappa shape index (κ1) is 9.96. The van der Waals surface area contributed by atoms with Crippen molar-refractivity contribution in [2.75, 3.05) is 0 Å². The molecule has 0 aromatic carbocycles. The maximum atomic E-state index is 11.0. The van der Waals surface area contributed by atoms with Crippen LogP contribution in [-0.2, 0) is 18.4 Å². The molecule has 0 fully saturated rings. The Labute approximate surface area is 89.0 Å². The zero-order valence-corrected chi connectivity index (χ0v) is 9.08. The number of aryl methyl sites for hydroxylation is 2. The van der Waals surface area contributed by atoms with Crippen LogP contribution in [0.3, 0.4) is 0 Å². The van der Waals surface area contributed by atoms with E-state index in [9.17, 15) is 4.79 Å². The molecule has 15 heavy (non-hydrogen) atoms. The standard InChI is InChI=1S/C11H15N3O/c1-8-9(7-14(2)13-8)6-12-10-3-4-11(15)5-10/h5,7,12H,3-4,6H2,1-2H3. The van der Waals surface area contributed by atoms with Gasteiger partial charge in [0.25, 0.3) is 0 Å². The van der Waals surface area contributed by atoms with Gasteiger partial charge in [-0.25, -0.2) is 0 Å².